The number of amides is 2. The summed E-state index contributed by atoms with van der Waals surface area (Å²) in [5.74, 6) is -0.772. The molecule has 1 aliphatic carbocycles. The summed E-state index contributed by atoms with van der Waals surface area (Å²) in [4.78, 5) is 50.7. The van der Waals surface area contributed by atoms with E-state index < -0.39 is 5.97 Å². The summed E-state index contributed by atoms with van der Waals surface area (Å²) >= 11 is 11.6. The Bertz CT molecular complexity index is 3110. The van der Waals surface area contributed by atoms with Gasteiger partial charge in [-0.1, -0.05) is 48.0 Å². The second-order valence-corrected chi connectivity index (χ2v) is 15.0. The maximum absolute atomic E-state index is 13.3. The Hall–Kier alpha value is -8.01. The first-order chi connectivity index (χ1) is 30.4. The molecule has 5 aromatic carbocycles. The molecule has 314 valence electrons. The number of phenolic OH excluding ortho intramolecular Hbond substituents is 1. The van der Waals surface area contributed by atoms with E-state index in [1.54, 1.807) is 103 Å². The predicted octanol–water partition coefficient (Wildman–Crippen LogP) is 8.89. The van der Waals surface area contributed by atoms with Gasteiger partial charge < -0.3 is 40.6 Å². The van der Waals surface area contributed by atoms with Gasteiger partial charge in [0.2, 0.25) is 0 Å². The molecule has 1 aromatic heterocycles. The Kier molecular flexibility index (Phi) is 11.9. The van der Waals surface area contributed by atoms with E-state index in [1.807, 2.05) is 12.1 Å². The number of aromatic nitrogens is 2. The first-order valence-corrected chi connectivity index (χ1v) is 20.1. The lowest BCUT2D eigenvalue weighted by molar-refractivity contribution is 0.0697. The zero-order valence-corrected chi connectivity index (χ0v) is 34.7. The highest BCUT2D eigenvalue weighted by Crippen LogP contribution is 2.42. The van der Waals surface area contributed by atoms with Crippen LogP contribution in [0.3, 0.4) is 0 Å². The molecular weight excluding hydrogens is 844 g/mol. The molecule has 6 aromatic rings. The quantitative estimate of drug-likeness (QED) is 0.0388. The van der Waals surface area contributed by atoms with Crippen LogP contribution in [0.15, 0.2) is 143 Å². The summed E-state index contributed by atoms with van der Waals surface area (Å²) < 4.78 is 13.4. The van der Waals surface area contributed by atoms with E-state index in [0.29, 0.717) is 66.9 Å². The van der Waals surface area contributed by atoms with E-state index in [0.717, 1.165) is 5.56 Å². The Balaban J connectivity index is 0.860. The number of aromatic hydroxyl groups is 1. The molecule has 0 unspecified atom stereocenters. The average molecular weight is 879 g/mol. The molecule has 1 aliphatic heterocycles. The fraction of sp³-hybridized carbons (Fsp3) is 0.0638. The maximum Gasteiger partial charge on any atom is 0.336 e. The number of aromatic carboxylic acids is 1. The van der Waals surface area contributed by atoms with E-state index >= 15 is 0 Å². The fourth-order valence-corrected chi connectivity index (χ4v) is 7.33. The molecular formula is C47H35ClN6O8S. The standard InChI is InChI=1S/C47H35ClN6O8S/c1-54-42(25-39(53-54)26-9-11-28(12-10-26)50-45(58)34-7-2-3-8-38(34)48)52-44(57)27-5-4-6-32(21-27)61-20-19-49-47(63)51-29-13-16-33(37(22-29)46(59)60)43-35-17-14-30(55)23-40(35)62-41-24-31(56)15-18-36(41)43/h2-18,21-25,55H,19-20H2,1H3,(H,50,58)(H,52,57)(H,59,60)(H2,49,51,63). The highest BCUT2D eigenvalue weighted by atomic mass is 35.5. The zero-order chi connectivity index (χ0) is 44.2. The number of carboxylic acids is 1. The van der Waals surface area contributed by atoms with Crippen molar-refractivity contribution in [1.29, 1.82) is 0 Å². The van der Waals surface area contributed by atoms with Gasteiger partial charge in [0.15, 0.2) is 10.5 Å². The van der Waals surface area contributed by atoms with Crippen molar-refractivity contribution in [3.63, 3.8) is 0 Å². The third-order valence-corrected chi connectivity index (χ3v) is 10.5. The monoisotopic (exact) mass is 878 g/mol. The van der Waals surface area contributed by atoms with E-state index in [2.05, 4.69) is 26.4 Å². The zero-order valence-electron chi connectivity index (χ0n) is 33.1. The van der Waals surface area contributed by atoms with Crippen LogP contribution in [0.25, 0.3) is 44.7 Å². The summed E-state index contributed by atoms with van der Waals surface area (Å²) in [6.45, 7) is 0.457. The Labute approximate surface area is 369 Å². The van der Waals surface area contributed by atoms with Crippen molar-refractivity contribution in [2.45, 2.75) is 0 Å². The highest BCUT2D eigenvalue weighted by Gasteiger charge is 2.23. The Morgan fingerprint density at radius 3 is 2.37 bits per heavy atom. The minimum atomic E-state index is -1.19. The van der Waals surface area contributed by atoms with Gasteiger partial charge in [0.25, 0.3) is 11.8 Å². The molecule has 2 amide bonds. The normalized spacial score (nSPS) is 11.0. The first kappa shape index (κ1) is 41.7. The number of carboxylic acid groups (broad SMARTS) is 1. The molecule has 14 nitrogen and oxygen atoms in total. The Morgan fingerprint density at radius 2 is 1.57 bits per heavy atom. The molecule has 0 fully saturated rings. The summed E-state index contributed by atoms with van der Waals surface area (Å²) in [7, 11) is 1.72. The third-order valence-electron chi connectivity index (χ3n) is 9.89. The number of halogens is 1. The van der Waals surface area contributed by atoms with Gasteiger partial charge in [0, 0.05) is 64.3 Å². The number of fused-ring (bicyclic) bond motifs is 2. The third kappa shape index (κ3) is 9.34. The van der Waals surface area contributed by atoms with Gasteiger partial charge in [-0.05, 0) is 96.6 Å². The van der Waals surface area contributed by atoms with Gasteiger partial charge in [0.1, 0.15) is 35.3 Å². The lowest BCUT2D eigenvalue weighted by Gasteiger charge is -2.18. The number of rotatable bonds is 12. The van der Waals surface area contributed by atoms with Crippen molar-refractivity contribution in [2.24, 2.45) is 7.05 Å². The van der Waals surface area contributed by atoms with Gasteiger partial charge in [-0.15, -0.1) is 0 Å². The van der Waals surface area contributed by atoms with E-state index in [1.165, 1.54) is 30.3 Å². The predicted molar refractivity (Wildman–Crippen MR) is 245 cm³/mol. The van der Waals surface area contributed by atoms with Gasteiger partial charge >= 0.3 is 5.97 Å². The summed E-state index contributed by atoms with van der Waals surface area (Å²) in [5.41, 5.74) is 4.51. The van der Waals surface area contributed by atoms with Crippen LogP contribution < -0.4 is 31.4 Å². The number of aryl methyl sites for hydroxylation is 1. The van der Waals surface area contributed by atoms with Crippen molar-refractivity contribution >= 4 is 74.9 Å². The number of thiocarbonyl (C=S) groups is 1. The van der Waals surface area contributed by atoms with Crippen LogP contribution in [-0.4, -0.2) is 56.0 Å². The number of anilines is 3. The Morgan fingerprint density at radius 1 is 0.794 bits per heavy atom. The number of ether oxygens (including phenoxy) is 1. The molecule has 0 saturated carbocycles. The van der Waals surface area contributed by atoms with Gasteiger partial charge in [-0.3, -0.25) is 19.1 Å². The van der Waals surface area contributed by atoms with Crippen LogP contribution in [0, 0.1) is 0 Å². The van der Waals surface area contributed by atoms with Crippen molar-refractivity contribution in [1.82, 2.24) is 15.1 Å². The van der Waals surface area contributed by atoms with Crippen molar-refractivity contribution in [3.8, 4) is 45.2 Å². The summed E-state index contributed by atoms with van der Waals surface area (Å²) in [6, 6.07) is 36.0. The number of nitrogens with zero attached hydrogens (tertiary/aromatic N) is 2. The minimum Gasteiger partial charge on any atom is -0.508 e. The molecule has 0 saturated heterocycles. The SMILES string of the molecule is Cn1nc(-c2ccc(NC(=O)c3ccccc3Cl)cc2)cc1NC(=O)c1cccc(OCCNC(=S)Nc2ccc(-c3c4ccc(=O)cc-4oc4cc(O)ccc34)c(C(=O)O)c2)c1. The van der Waals surface area contributed by atoms with Crippen LogP contribution in [-0.2, 0) is 7.05 Å². The van der Waals surface area contributed by atoms with E-state index in [-0.39, 0.29) is 58.2 Å². The fourth-order valence-electron chi connectivity index (χ4n) is 6.88. The number of hydrogen-bond acceptors (Lipinski definition) is 9. The number of nitrogens with one attached hydrogen (secondary N) is 4. The number of benzene rings is 6. The number of phenols is 1. The molecule has 63 heavy (non-hydrogen) atoms. The van der Waals surface area contributed by atoms with Crippen LogP contribution in [0.2, 0.25) is 5.02 Å². The molecule has 16 heteroatoms. The molecule has 2 heterocycles. The van der Waals surface area contributed by atoms with E-state index in [4.69, 9.17) is 33.0 Å². The van der Waals surface area contributed by atoms with Crippen LogP contribution in [0.5, 0.6) is 11.5 Å². The second-order valence-electron chi connectivity index (χ2n) is 14.1. The van der Waals surface area contributed by atoms with Gasteiger partial charge in [-0.2, -0.15) is 5.10 Å². The molecule has 6 N–H and O–H groups in total. The lowest BCUT2D eigenvalue weighted by Crippen LogP contribution is -2.32. The van der Waals surface area contributed by atoms with Gasteiger partial charge in [-0.25, -0.2) is 4.79 Å². The second kappa shape index (κ2) is 17.9. The van der Waals surface area contributed by atoms with Crippen LogP contribution in [0.1, 0.15) is 31.1 Å². The summed E-state index contributed by atoms with van der Waals surface area (Å²) in [5, 5.41) is 37.8. The number of carbonyl (C=O) groups is 3. The lowest BCUT2D eigenvalue weighted by atomic mass is 9.90. The van der Waals surface area contributed by atoms with Crippen molar-refractivity contribution < 1.29 is 33.8 Å². The minimum absolute atomic E-state index is 0.0314. The molecule has 8 rings (SSSR count). The number of carbonyl (C=O) groups excluding carboxylic acids is 2. The first-order valence-electron chi connectivity index (χ1n) is 19.3. The molecule has 0 radical (unpaired) electrons. The molecule has 0 spiro atoms. The molecule has 0 bridgehead atoms. The van der Waals surface area contributed by atoms with Gasteiger partial charge in [0.05, 0.1) is 28.4 Å². The number of hydrogen-bond donors (Lipinski definition) is 6. The van der Waals surface area contributed by atoms with Crippen molar-refractivity contribution in [2.75, 3.05) is 29.1 Å². The van der Waals surface area contributed by atoms with E-state index in [9.17, 15) is 29.4 Å². The van der Waals surface area contributed by atoms with Crippen molar-refractivity contribution in [3.05, 3.63) is 165 Å². The smallest absolute Gasteiger partial charge is 0.336 e. The molecule has 2 aliphatic rings. The topological polar surface area (TPSA) is 197 Å². The maximum atomic E-state index is 13.3. The van der Waals surface area contributed by atoms with Crippen LogP contribution >= 0.6 is 23.8 Å². The molecule has 0 atom stereocenters. The average Bonchev–Trinajstić information content (AvgIpc) is 3.63. The summed E-state index contributed by atoms with van der Waals surface area (Å²) in [6.07, 6.45) is 0. The van der Waals surface area contributed by atoms with Crippen LogP contribution in [0.4, 0.5) is 17.2 Å². The highest BCUT2D eigenvalue weighted by molar-refractivity contribution is 7.80. The largest absolute Gasteiger partial charge is 0.508 e.